The second-order valence-electron chi connectivity index (χ2n) is 20.5. The highest BCUT2D eigenvalue weighted by molar-refractivity contribution is 5.76. The first-order valence-electron chi connectivity index (χ1n) is 28.8. The summed E-state index contributed by atoms with van der Waals surface area (Å²) in [5.74, 6) is 0.259. The Bertz CT molecular complexity index is 2840. The molecule has 4 aromatic rings. The molecule has 27 heteroatoms. The highest BCUT2D eigenvalue weighted by Crippen LogP contribution is 2.26. The Morgan fingerprint density at radius 3 is 0.802 bits per heavy atom. The molecule has 0 aliphatic carbocycles. The van der Waals surface area contributed by atoms with E-state index in [4.69, 9.17) is 14.2 Å². The molecule has 3 fully saturated rings. The molecule has 0 atom stereocenters. The lowest BCUT2D eigenvalue weighted by Gasteiger charge is -2.36. The second kappa shape index (κ2) is 29.1. The summed E-state index contributed by atoms with van der Waals surface area (Å²) < 4.78 is 19.4. The topological polar surface area (TPSA) is 303 Å². The molecule has 0 spiro atoms. The van der Waals surface area contributed by atoms with E-state index in [2.05, 4.69) is 16.0 Å². The Hall–Kier alpha value is -7.74. The molecule has 3 saturated heterocycles. The SMILES string of the molecule is CCOc1c(N2CCN(C(=O)NCCCCCCn3c(=O)n(CCCCCCNC(=O)N4CCN(c5c(OCC)c(=O)c5=O)CC4)c(=O)n(CCCCCCNC(=O)N4CCN(c5c(OCC)c(=O)c5=O)CC4)c3=O)CC2)c(=O)c1=O. The normalized spacial score (nSPS) is 15.0. The maximum atomic E-state index is 13.8. The number of hydrogen-bond donors (Lipinski definition) is 3. The Morgan fingerprint density at radius 2 is 0.568 bits per heavy atom. The van der Waals surface area contributed by atoms with Gasteiger partial charge in [0, 0.05) is 118 Å². The van der Waals surface area contributed by atoms with Crippen LogP contribution < -0.4 is 94.5 Å². The maximum absolute atomic E-state index is 13.8. The monoisotopic (exact) mass is 1130 g/mol. The maximum Gasteiger partial charge on any atom is 0.336 e. The van der Waals surface area contributed by atoms with Gasteiger partial charge in [-0.2, -0.15) is 0 Å². The van der Waals surface area contributed by atoms with Gasteiger partial charge in [-0.25, -0.2) is 42.5 Å². The quantitative estimate of drug-likeness (QED) is 0.0435. The summed E-state index contributed by atoms with van der Waals surface area (Å²) >= 11 is 0. The van der Waals surface area contributed by atoms with Gasteiger partial charge in [0.15, 0.2) is 17.2 Å². The zero-order valence-electron chi connectivity index (χ0n) is 47.0. The number of hydrogen-bond acceptors (Lipinski definition) is 18. The van der Waals surface area contributed by atoms with Crippen molar-refractivity contribution in [2.75, 3.05) is 133 Å². The smallest absolute Gasteiger partial charge is 0.336 e. The average molecular weight is 1140 g/mol. The van der Waals surface area contributed by atoms with Crippen LogP contribution in [0.15, 0.2) is 43.2 Å². The molecule has 0 saturated carbocycles. The number of unbranched alkanes of at least 4 members (excludes halogenated alkanes) is 9. The first-order valence-corrected chi connectivity index (χ1v) is 28.8. The number of ether oxygens (including phenoxy) is 3. The van der Waals surface area contributed by atoms with Crippen LogP contribution in [0.3, 0.4) is 0 Å². The van der Waals surface area contributed by atoms with E-state index < -0.39 is 49.6 Å². The van der Waals surface area contributed by atoms with Crippen molar-refractivity contribution in [2.45, 2.75) is 117 Å². The van der Waals surface area contributed by atoms with Crippen molar-refractivity contribution in [3.63, 3.8) is 0 Å². The van der Waals surface area contributed by atoms with Crippen LogP contribution in [0.4, 0.5) is 31.4 Å². The number of urea groups is 3. The van der Waals surface area contributed by atoms with E-state index in [1.54, 1.807) is 50.2 Å². The number of amides is 6. The van der Waals surface area contributed by atoms with Gasteiger partial charge in [-0.3, -0.25) is 28.8 Å². The van der Waals surface area contributed by atoms with Crippen LogP contribution in [0.1, 0.15) is 97.8 Å². The third kappa shape index (κ3) is 14.4. The van der Waals surface area contributed by atoms with E-state index in [0.717, 1.165) is 13.7 Å². The lowest BCUT2D eigenvalue weighted by molar-refractivity contribution is 0.193. The van der Waals surface area contributed by atoms with Crippen molar-refractivity contribution in [1.82, 2.24) is 44.4 Å². The molecule has 0 unspecified atom stereocenters. The molecule has 4 heterocycles. The summed E-state index contributed by atoms with van der Waals surface area (Å²) in [5, 5.41) is 8.79. The molecule has 3 aliphatic heterocycles. The Balaban J connectivity index is 0.839. The molecule has 0 radical (unpaired) electrons. The van der Waals surface area contributed by atoms with Crippen molar-refractivity contribution in [1.29, 1.82) is 0 Å². The van der Waals surface area contributed by atoms with Crippen molar-refractivity contribution in [3.05, 3.63) is 92.8 Å². The van der Waals surface area contributed by atoms with Crippen LogP contribution >= 0.6 is 0 Å². The molecule has 3 N–H and O–H groups in total. The van der Waals surface area contributed by atoms with Gasteiger partial charge in [0.05, 0.1) is 19.8 Å². The van der Waals surface area contributed by atoms with Crippen LogP contribution in [-0.2, 0) is 19.6 Å². The Labute approximate surface area is 467 Å². The predicted molar refractivity (Wildman–Crippen MR) is 304 cm³/mol. The molecule has 444 valence electrons. The molecule has 7 rings (SSSR count). The zero-order valence-corrected chi connectivity index (χ0v) is 47.0. The summed E-state index contributed by atoms with van der Waals surface area (Å²) in [6.45, 7) is 12.1. The standard InChI is InChI=1S/C54H78N12O15/c1-4-79-46-37(40(67)43(46)70)58-25-31-61(32-26-58)49(73)55-19-13-7-10-16-22-64-52(76)65(23-17-11-8-14-20-56-50(74)62-33-27-59(28-34-62)38-41(68)44(71)47(38)80-5-2)54(78)66(53(64)77)24-18-12-9-15-21-57-51(75)63-35-29-60(30-36-63)39-42(69)45(72)48(39)81-6-3/h4-36H2,1-3H3,(H,55,73)(H,56,74)(H,57,75). The molecule has 3 aromatic carbocycles. The molecule has 0 bridgehead atoms. The number of carbonyl (C=O) groups excluding carboxylic acids is 3. The van der Waals surface area contributed by atoms with Gasteiger partial charge >= 0.3 is 35.2 Å². The van der Waals surface area contributed by atoms with Gasteiger partial charge in [0.2, 0.25) is 0 Å². The fourth-order valence-corrected chi connectivity index (χ4v) is 10.6. The average Bonchev–Trinajstić information content (AvgIpc) is 3.57. The third-order valence-electron chi connectivity index (χ3n) is 15.2. The van der Waals surface area contributed by atoms with Crippen molar-refractivity contribution in [2.24, 2.45) is 0 Å². The second-order valence-corrected chi connectivity index (χ2v) is 20.5. The minimum absolute atomic E-state index is 0.0863. The van der Waals surface area contributed by atoms with Crippen LogP contribution in [0.2, 0.25) is 0 Å². The first kappa shape index (κ1) is 60.9. The molecule has 6 amide bonds. The van der Waals surface area contributed by atoms with E-state index in [0.29, 0.717) is 175 Å². The van der Waals surface area contributed by atoms with Crippen LogP contribution in [0.25, 0.3) is 0 Å². The lowest BCUT2D eigenvalue weighted by atomic mass is 10.1. The van der Waals surface area contributed by atoms with E-state index >= 15 is 0 Å². The van der Waals surface area contributed by atoms with Gasteiger partial charge < -0.3 is 59.6 Å². The molecule has 27 nitrogen and oxygen atoms in total. The van der Waals surface area contributed by atoms with E-state index in [-0.39, 0.29) is 91.9 Å². The highest BCUT2D eigenvalue weighted by atomic mass is 16.5. The van der Waals surface area contributed by atoms with Crippen molar-refractivity contribution in [3.8, 4) is 17.2 Å². The number of carbonyl (C=O) groups is 3. The van der Waals surface area contributed by atoms with Crippen molar-refractivity contribution < 1.29 is 28.6 Å². The third-order valence-corrected chi connectivity index (χ3v) is 15.2. The highest BCUT2D eigenvalue weighted by Gasteiger charge is 2.34. The van der Waals surface area contributed by atoms with Crippen molar-refractivity contribution >= 4 is 35.2 Å². The number of rotatable bonds is 30. The number of nitrogens with zero attached hydrogens (tertiary/aromatic N) is 9. The lowest BCUT2D eigenvalue weighted by Crippen LogP contribution is -2.54. The van der Waals surface area contributed by atoms with Gasteiger partial charge in [-0.1, -0.05) is 38.5 Å². The number of nitrogens with one attached hydrogen (secondary N) is 3. The van der Waals surface area contributed by atoms with Crippen LogP contribution in [0.5, 0.6) is 17.2 Å². The minimum Gasteiger partial charge on any atom is -0.488 e. The van der Waals surface area contributed by atoms with Crippen LogP contribution in [0, 0.1) is 0 Å². The van der Waals surface area contributed by atoms with E-state index in [1.165, 1.54) is 0 Å². The summed E-state index contributed by atoms with van der Waals surface area (Å²) in [5.41, 5.74) is -4.77. The van der Waals surface area contributed by atoms with E-state index in [9.17, 15) is 57.5 Å². The van der Waals surface area contributed by atoms with Gasteiger partial charge in [-0.15, -0.1) is 0 Å². The molecular weight excluding hydrogens is 1060 g/mol. The minimum atomic E-state index is -0.672. The molecule has 1 aromatic heterocycles. The summed E-state index contributed by atoms with van der Waals surface area (Å²) in [6.07, 6.45) is 7.45. The molecular formula is C54H78N12O15. The predicted octanol–water partition coefficient (Wildman–Crippen LogP) is -0.568. The first-order chi connectivity index (χ1) is 39.1. The van der Waals surface area contributed by atoms with E-state index in [1.807, 2.05) is 0 Å². The molecule has 81 heavy (non-hydrogen) atoms. The van der Waals surface area contributed by atoms with Gasteiger partial charge in [0.1, 0.15) is 17.1 Å². The fraction of sp³-hybridized carbons (Fsp3) is 0.667. The summed E-state index contributed by atoms with van der Waals surface area (Å²) in [4.78, 5) is 163. The summed E-state index contributed by atoms with van der Waals surface area (Å²) in [6, 6.07) is -0.702. The zero-order chi connectivity index (χ0) is 58.2. The van der Waals surface area contributed by atoms with Gasteiger partial charge in [-0.05, 0) is 59.3 Å². The number of piperazine rings is 3. The fourth-order valence-electron chi connectivity index (χ4n) is 10.6. The molecule has 3 aliphatic rings. The van der Waals surface area contributed by atoms with Gasteiger partial charge in [0.25, 0.3) is 32.6 Å². The Kier molecular flexibility index (Phi) is 21.9. The van der Waals surface area contributed by atoms with Crippen LogP contribution in [-0.4, -0.2) is 164 Å². The number of aromatic nitrogens is 3. The number of anilines is 3. The Morgan fingerprint density at radius 1 is 0.333 bits per heavy atom. The largest absolute Gasteiger partial charge is 0.488 e. The summed E-state index contributed by atoms with van der Waals surface area (Å²) in [7, 11) is 0.